The lowest BCUT2D eigenvalue weighted by Gasteiger charge is -2.07. The maximum atomic E-state index is 13.1. The lowest BCUT2D eigenvalue weighted by atomic mass is 9.92. The summed E-state index contributed by atoms with van der Waals surface area (Å²) in [5, 5.41) is 9.66. The number of ketones is 2. The molecule has 1 aromatic heterocycles. The highest BCUT2D eigenvalue weighted by molar-refractivity contribution is 14.1. The molecular formula is C19H17IO4. The third kappa shape index (κ3) is 3.05. The number of aryl methyl sites for hydroxylation is 1. The third-order valence-corrected chi connectivity index (χ3v) is 4.92. The van der Waals surface area contributed by atoms with Crippen LogP contribution in [0.5, 0.6) is 5.75 Å². The molecule has 24 heavy (non-hydrogen) atoms. The number of carbonyl (C=O) groups excluding carboxylic acids is 2. The lowest BCUT2D eigenvalue weighted by Crippen LogP contribution is -2.12. The van der Waals surface area contributed by atoms with Crippen molar-refractivity contribution in [2.24, 2.45) is 0 Å². The molecule has 1 N–H and O–H groups in total. The van der Waals surface area contributed by atoms with Gasteiger partial charge in [-0.15, -0.1) is 0 Å². The molecule has 5 heteroatoms. The number of furan rings is 1. The summed E-state index contributed by atoms with van der Waals surface area (Å²) >= 11 is 1.98. The van der Waals surface area contributed by atoms with Gasteiger partial charge in [-0.25, -0.2) is 0 Å². The molecule has 0 unspecified atom stereocenters. The van der Waals surface area contributed by atoms with Gasteiger partial charge in [0.25, 0.3) is 0 Å². The van der Waals surface area contributed by atoms with Crippen LogP contribution in [0.2, 0.25) is 0 Å². The zero-order valence-electron chi connectivity index (χ0n) is 13.3. The highest BCUT2D eigenvalue weighted by atomic mass is 127. The van der Waals surface area contributed by atoms with E-state index in [0.717, 1.165) is 12.8 Å². The largest absolute Gasteiger partial charge is 0.507 e. The van der Waals surface area contributed by atoms with Crippen molar-refractivity contribution in [2.45, 2.75) is 32.6 Å². The summed E-state index contributed by atoms with van der Waals surface area (Å²) in [6.45, 7) is 2.07. The van der Waals surface area contributed by atoms with Crippen molar-refractivity contribution < 1.29 is 19.1 Å². The Bertz CT molecular complexity index is 845. The molecule has 124 valence electrons. The van der Waals surface area contributed by atoms with E-state index in [1.165, 1.54) is 6.07 Å². The number of unbranched alkanes of at least 4 members (excludes halogenated alkanes) is 1. The summed E-state index contributed by atoms with van der Waals surface area (Å²) in [5.41, 5.74) is 1.23. The number of hydrogen-bond acceptors (Lipinski definition) is 4. The molecule has 0 spiro atoms. The number of rotatable bonds is 5. The van der Waals surface area contributed by atoms with E-state index in [2.05, 4.69) is 6.92 Å². The predicted octanol–water partition coefficient (Wildman–Crippen LogP) is 4.76. The fraction of sp³-hybridized carbons (Fsp3) is 0.263. The smallest absolute Gasteiger partial charge is 0.197 e. The van der Waals surface area contributed by atoms with Crippen molar-refractivity contribution in [3.63, 3.8) is 0 Å². The second kappa shape index (κ2) is 6.93. The van der Waals surface area contributed by atoms with E-state index in [1.807, 2.05) is 22.6 Å². The van der Waals surface area contributed by atoms with E-state index in [4.69, 9.17) is 4.42 Å². The van der Waals surface area contributed by atoms with Crippen molar-refractivity contribution in [3.05, 3.63) is 56.1 Å². The molecule has 0 saturated heterocycles. The Morgan fingerprint density at radius 1 is 1.38 bits per heavy atom. The molecule has 0 saturated carbocycles. The summed E-state index contributed by atoms with van der Waals surface area (Å²) in [5.74, 6) is 0.874. The lowest BCUT2D eigenvalue weighted by molar-refractivity contribution is 0.0977. The summed E-state index contributed by atoms with van der Waals surface area (Å²) in [7, 11) is 0. The topological polar surface area (TPSA) is 67.5 Å². The predicted molar refractivity (Wildman–Crippen MR) is 99.6 cm³/mol. The van der Waals surface area contributed by atoms with Gasteiger partial charge in [0.15, 0.2) is 11.6 Å². The fourth-order valence-corrected chi connectivity index (χ4v) is 3.33. The normalized spacial score (nSPS) is 13.2. The molecule has 0 bridgehead atoms. The summed E-state index contributed by atoms with van der Waals surface area (Å²) in [4.78, 5) is 25.4. The maximum absolute atomic E-state index is 13.1. The quantitative estimate of drug-likeness (QED) is 0.542. The van der Waals surface area contributed by atoms with E-state index in [1.54, 1.807) is 24.3 Å². The Labute approximate surface area is 153 Å². The van der Waals surface area contributed by atoms with Crippen LogP contribution in [0.4, 0.5) is 0 Å². The number of phenolic OH excluding ortho intramolecular Hbond substituents is 1. The van der Waals surface area contributed by atoms with Crippen LogP contribution in [0.1, 0.15) is 64.0 Å². The number of phenols is 1. The van der Waals surface area contributed by atoms with Crippen LogP contribution in [-0.2, 0) is 6.42 Å². The van der Waals surface area contributed by atoms with Crippen molar-refractivity contribution in [1.29, 1.82) is 0 Å². The van der Waals surface area contributed by atoms with Gasteiger partial charge >= 0.3 is 0 Å². The Hall–Kier alpha value is -1.89. The molecular weight excluding hydrogens is 419 g/mol. The summed E-state index contributed by atoms with van der Waals surface area (Å²) in [6, 6.07) is 4.70. The molecule has 0 amide bonds. The van der Waals surface area contributed by atoms with Gasteiger partial charge in [-0.2, -0.15) is 0 Å². The van der Waals surface area contributed by atoms with Gasteiger partial charge in [0.1, 0.15) is 17.3 Å². The second-order valence-corrected chi connectivity index (χ2v) is 6.93. The van der Waals surface area contributed by atoms with Gasteiger partial charge in [-0.05, 0) is 53.3 Å². The first-order valence-electron chi connectivity index (χ1n) is 7.91. The van der Waals surface area contributed by atoms with Gasteiger partial charge in [0, 0.05) is 18.4 Å². The number of Topliss-reactive ketones (excluding diaryl/α,β-unsaturated/α-hetero) is 1. The molecule has 1 aliphatic rings. The van der Waals surface area contributed by atoms with Crippen LogP contribution < -0.4 is 0 Å². The summed E-state index contributed by atoms with van der Waals surface area (Å²) < 4.78 is 6.42. The van der Waals surface area contributed by atoms with Crippen molar-refractivity contribution in [1.82, 2.24) is 0 Å². The van der Waals surface area contributed by atoms with Gasteiger partial charge in [0.05, 0.1) is 14.7 Å². The minimum atomic E-state index is -0.229. The highest BCUT2D eigenvalue weighted by Gasteiger charge is 2.30. The average Bonchev–Trinajstić information content (AvgIpc) is 2.94. The molecule has 2 aromatic rings. The zero-order chi connectivity index (χ0) is 17.3. The zero-order valence-corrected chi connectivity index (χ0v) is 15.4. The van der Waals surface area contributed by atoms with Crippen LogP contribution >= 0.6 is 22.6 Å². The van der Waals surface area contributed by atoms with E-state index >= 15 is 0 Å². The monoisotopic (exact) mass is 436 g/mol. The number of benzene rings is 1. The van der Waals surface area contributed by atoms with Crippen LogP contribution in [0, 0.1) is 3.57 Å². The third-order valence-electron chi connectivity index (χ3n) is 4.05. The second-order valence-electron chi connectivity index (χ2n) is 5.77. The molecule has 0 atom stereocenters. The van der Waals surface area contributed by atoms with Gasteiger partial charge < -0.3 is 9.52 Å². The van der Waals surface area contributed by atoms with Crippen molar-refractivity contribution in [2.75, 3.05) is 0 Å². The first-order chi connectivity index (χ1) is 11.5. The minimum Gasteiger partial charge on any atom is -0.507 e. The number of fused-ring (bicyclic) bond motifs is 1. The van der Waals surface area contributed by atoms with Crippen LogP contribution in [0.3, 0.4) is 0 Å². The van der Waals surface area contributed by atoms with Crippen molar-refractivity contribution >= 4 is 40.2 Å². The Kier molecular flexibility index (Phi) is 4.89. The number of aromatic hydroxyl groups is 1. The molecule has 1 heterocycles. The molecule has 0 aliphatic heterocycles. The van der Waals surface area contributed by atoms with E-state index in [0.29, 0.717) is 38.2 Å². The minimum absolute atomic E-state index is 0.0872. The molecule has 0 radical (unpaired) electrons. The van der Waals surface area contributed by atoms with Crippen LogP contribution in [0.15, 0.2) is 28.7 Å². The number of carbonyl (C=O) groups is 2. The molecule has 1 aromatic carbocycles. The number of halogens is 1. The molecule has 4 nitrogen and oxygen atoms in total. The molecule has 3 rings (SSSR count). The maximum Gasteiger partial charge on any atom is 0.197 e. The Morgan fingerprint density at radius 2 is 2.17 bits per heavy atom. The number of allylic oxidation sites excluding steroid dienone is 1. The van der Waals surface area contributed by atoms with Crippen LogP contribution in [0.25, 0.3) is 6.08 Å². The SMILES string of the molecule is CCCCc1oc2c(c1C(=O)c1ccc(O)c(I)c1)C(=O)CC=C2. The van der Waals surface area contributed by atoms with Gasteiger partial charge in [-0.3, -0.25) is 9.59 Å². The Balaban J connectivity index is 2.12. The molecule has 1 aliphatic carbocycles. The van der Waals surface area contributed by atoms with Gasteiger partial charge in [0.2, 0.25) is 0 Å². The van der Waals surface area contributed by atoms with E-state index in [-0.39, 0.29) is 23.7 Å². The summed E-state index contributed by atoms with van der Waals surface area (Å²) in [6.07, 6.45) is 6.30. The Morgan fingerprint density at radius 3 is 2.88 bits per heavy atom. The average molecular weight is 436 g/mol. The van der Waals surface area contributed by atoms with Crippen molar-refractivity contribution in [3.8, 4) is 5.75 Å². The fourth-order valence-electron chi connectivity index (χ4n) is 2.81. The first kappa shape index (κ1) is 17.0. The number of hydrogen-bond donors (Lipinski definition) is 1. The highest BCUT2D eigenvalue weighted by Crippen LogP contribution is 2.32. The van der Waals surface area contributed by atoms with E-state index < -0.39 is 0 Å². The molecule has 0 fully saturated rings. The van der Waals surface area contributed by atoms with E-state index in [9.17, 15) is 14.7 Å². The van der Waals surface area contributed by atoms with Gasteiger partial charge in [-0.1, -0.05) is 19.4 Å². The standard InChI is InChI=1S/C19H17IO4/c1-2-3-6-16-18(17-14(22)5-4-7-15(17)24-16)19(23)11-8-9-13(21)12(20)10-11/h4,7-10,21H,2-3,5-6H2,1H3. The first-order valence-corrected chi connectivity index (χ1v) is 8.99. The van der Waals surface area contributed by atoms with Crippen LogP contribution in [-0.4, -0.2) is 16.7 Å².